The lowest BCUT2D eigenvalue weighted by molar-refractivity contribution is 0.0695. The molecule has 0 spiro atoms. The third-order valence-corrected chi connectivity index (χ3v) is 5.16. The van der Waals surface area contributed by atoms with E-state index in [4.69, 9.17) is 4.42 Å². The summed E-state index contributed by atoms with van der Waals surface area (Å²) in [6.07, 6.45) is 5.20. The van der Waals surface area contributed by atoms with Gasteiger partial charge < -0.3 is 9.52 Å². The van der Waals surface area contributed by atoms with Gasteiger partial charge >= 0.3 is 5.97 Å². The van der Waals surface area contributed by atoms with Crippen LogP contribution in [0.3, 0.4) is 0 Å². The number of aromatic nitrogens is 1. The standard InChI is InChI=1S/C20H19NO4/c1-2-16-13(20(23)24)10-15-18(22)14-9-12(11-5-3-4-6-11)7-8-17(14)25-19(15)21-16/h7-11H,2-6H2,1H3,(H,23,24). The molecule has 1 N–H and O–H groups in total. The Kier molecular flexibility index (Phi) is 3.79. The fraction of sp³-hybridized carbons (Fsp3) is 0.350. The van der Waals surface area contributed by atoms with Crippen molar-refractivity contribution in [1.82, 2.24) is 4.98 Å². The minimum Gasteiger partial charge on any atom is -0.478 e. The van der Waals surface area contributed by atoms with Crippen LogP contribution in [0.2, 0.25) is 0 Å². The Bertz CT molecular complexity index is 1040. The van der Waals surface area contributed by atoms with Crippen molar-refractivity contribution in [1.29, 1.82) is 0 Å². The fourth-order valence-electron chi connectivity index (χ4n) is 3.80. The minimum atomic E-state index is -1.08. The first-order chi connectivity index (χ1) is 12.1. The van der Waals surface area contributed by atoms with Crippen molar-refractivity contribution < 1.29 is 14.3 Å². The monoisotopic (exact) mass is 337 g/mol. The highest BCUT2D eigenvalue weighted by atomic mass is 16.4. The van der Waals surface area contributed by atoms with Gasteiger partial charge in [-0.05, 0) is 48.9 Å². The molecule has 2 aromatic heterocycles. The van der Waals surface area contributed by atoms with Crippen LogP contribution in [0, 0.1) is 0 Å². The summed E-state index contributed by atoms with van der Waals surface area (Å²) in [4.78, 5) is 28.7. The van der Waals surface area contributed by atoms with E-state index >= 15 is 0 Å². The molecule has 1 aliphatic carbocycles. The highest BCUT2D eigenvalue weighted by Gasteiger charge is 2.20. The molecule has 0 bridgehead atoms. The largest absolute Gasteiger partial charge is 0.478 e. The predicted octanol–water partition coefficient (Wildman–Crippen LogP) is 4.26. The van der Waals surface area contributed by atoms with Gasteiger partial charge in [-0.15, -0.1) is 0 Å². The number of rotatable bonds is 3. The maximum absolute atomic E-state index is 12.9. The number of benzene rings is 1. The Labute approximate surface area is 144 Å². The van der Waals surface area contributed by atoms with Gasteiger partial charge in [0.2, 0.25) is 11.1 Å². The lowest BCUT2D eigenvalue weighted by Gasteiger charge is -2.11. The van der Waals surface area contributed by atoms with Crippen molar-refractivity contribution >= 4 is 28.0 Å². The number of hydrogen-bond acceptors (Lipinski definition) is 4. The summed E-state index contributed by atoms with van der Waals surface area (Å²) < 4.78 is 5.82. The maximum atomic E-state index is 12.9. The number of carboxylic acids is 1. The van der Waals surface area contributed by atoms with E-state index in [-0.39, 0.29) is 22.1 Å². The highest BCUT2D eigenvalue weighted by molar-refractivity contribution is 5.95. The Morgan fingerprint density at radius 3 is 2.68 bits per heavy atom. The maximum Gasteiger partial charge on any atom is 0.337 e. The first-order valence-corrected chi connectivity index (χ1v) is 8.72. The molecule has 1 fully saturated rings. The smallest absolute Gasteiger partial charge is 0.337 e. The van der Waals surface area contributed by atoms with Crippen molar-refractivity contribution in [3.63, 3.8) is 0 Å². The van der Waals surface area contributed by atoms with Crippen molar-refractivity contribution in [3.05, 3.63) is 51.3 Å². The molecule has 2 heterocycles. The van der Waals surface area contributed by atoms with Gasteiger partial charge in [0.15, 0.2) is 0 Å². The summed E-state index contributed by atoms with van der Waals surface area (Å²) in [5.41, 5.74) is 2.13. The zero-order valence-corrected chi connectivity index (χ0v) is 14.0. The van der Waals surface area contributed by atoms with Gasteiger partial charge in [-0.3, -0.25) is 4.79 Å². The predicted molar refractivity (Wildman–Crippen MR) is 95.3 cm³/mol. The zero-order valence-electron chi connectivity index (χ0n) is 14.0. The van der Waals surface area contributed by atoms with Crippen molar-refractivity contribution in [2.75, 3.05) is 0 Å². The van der Waals surface area contributed by atoms with E-state index < -0.39 is 5.97 Å². The van der Waals surface area contributed by atoms with E-state index in [0.29, 0.717) is 29.0 Å². The van der Waals surface area contributed by atoms with E-state index in [1.807, 2.05) is 25.1 Å². The number of aromatic carboxylic acids is 1. The average molecular weight is 337 g/mol. The number of pyridine rings is 1. The summed E-state index contributed by atoms with van der Waals surface area (Å²) in [6.45, 7) is 1.83. The first-order valence-electron chi connectivity index (χ1n) is 8.72. The lowest BCUT2D eigenvalue weighted by atomic mass is 9.96. The van der Waals surface area contributed by atoms with Crippen LogP contribution in [0.4, 0.5) is 0 Å². The summed E-state index contributed by atoms with van der Waals surface area (Å²) >= 11 is 0. The van der Waals surface area contributed by atoms with Gasteiger partial charge in [0.05, 0.1) is 22.0 Å². The number of aryl methyl sites for hydroxylation is 1. The summed E-state index contributed by atoms with van der Waals surface area (Å²) in [5.74, 6) is -0.583. The van der Waals surface area contributed by atoms with Crippen LogP contribution in [0.15, 0.2) is 33.5 Å². The summed E-state index contributed by atoms with van der Waals surface area (Å²) in [5, 5.41) is 10.1. The molecule has 0 atom stereocenters. The third kappa shape index (κ3) is 2.60. The van der Waals surface area contributed by atoms with Crippen LogP contribution in [0.25, 0.3) is 22.1 Å². The zero-order chi connectivity index (χ0) is 17.6. The van der Waals surface area contributed by atoms with Gasteiger partial charge in [-0.25, -0.2) is 9.78 Å². The highest BCUT2D eigenvalue weighted by Crippen LogP contribution is 2.35. The number of carboxylic acid groups (broad SMARTS) is 1. The Hall–Kier alpha value is -2.69. The lowest BCUT2D eigenvalue weighted by Crippen LogP contribution is -2.10. The van der Waals surface area contributed by atoms with E-state index in [1.165, 1.54) is 18.9 Å². The quantitative estimate of drug-likeness (QED) is 0.722. The second kappa shape index (κ2) is 5.99. The molecule has 0 radical (unpaired) electrons. The van der Waals surface area contributed by atoms with Crippen LogP contribution in [0.5, 0.6) is 0 Å². The second-order valence-electron chi connectivity index (χ2n) is 6.66. The Morgan fingerprint density at radius 1 is 1.24 bits per heavy atom. The molecule has 0 unspecified atom stereocenters. The molecule has 5 heteroatoms. The molecular weight excluding hydrogens is 318 g/mol. The molecule has 25 heavy (non-hydrogen) atoms. The van der Waals surface area contributed by atoms with Crippen LogP contribution in [-0.2, 0) is 6.42 Å². The van der Waals surface area contributed by atoms with E-state index in [9.17, 15) is 14.7 Å². The van der Waals surface area contributed by atoms with E-state index in [2.05, 4.69) is 4.98 Å². The molecule has 1 saturated carbocycles. The Morgan fingerprint density at radius 2 is 2.00 bits per heavy atom. The molecule has 128 valence electrons. The van der Waals surface area contributed by atoms with Crippen LogP contribution >= 0.6 is 0 Å². The van der Waals surface area contributed by atoms with Gasteiger partial charge in [-0.1, -0.05) is 25.8 Å². The van der Waals surface area contributed by atoms with Crippen LogP contribution in [-0.4, -0.2) is 16.1 Å². The molecule has 3 aromatic rings. The molecule has 0 amide bonds. The van der Waals surface area contributed by atoms with Gasteiger partial charge in [-0.2, -0.15) is 0 Å². The molecule has 5 nitrogen and oxygen atoms in total. The van der Waals surface area contributed by atoms with Crippen molar-refractivity contribution in [2.45, 2.75) is 44.9 Å². The normalized spacial score (nSPS) is 15.2. The fourth-order valence-corrected chi connectivity index (χ4v) is 3.80. The Balaban J connectivity index is 1.98. The molecule has 1 aliphatic rings. The minimum absolute atomic E-state index is 0.0635. The van der Waals surface area contributed by atoms with Crippen molar-refractivity contribution in [2.24, 2.45) is 0 Å². The number of fused-ring (bicyclic) bond motifs is 2. The molecule has 1 aromatic carbocycles. The SMILES string of the molecule is CCc1nc2oc3ccc(C4CCCC4)cc3c(=O)c2cc1C(=O)O. The summed E-state index contributed by atoms with van der Waals surface area (Å²) in [6, 6.07) is 7.17. The van der Waals surface area contributed by atoms with Gasteiger partial charge in [0.1, 0.15) is 5.58 Å². The summed E-state index contributed by atoms with van der Waals surface area (Å²) in [7, 11) is 0. The van der Waals surface area contributed by atoms with E-state index in [1.54, 1.807) is 0 Å². The van der Waals surface area contributed by atoms with Crippen LogP contribution < -0.4 is 5.43 Å². The molecule has 4 rings (SSSR count). The number of carbonyl (C=O) groups is 1. The molecular formula is C20H19NO4. The van der Waals surface area contributed by atoms with Crippen molar-refractivity contribution in [3.8, 4) is 0 Å². The number of hydrogen-bond donors (Lipinski definition) is 1. The molecule has 0 aliphatic heterocycles. The topological polar surface area (TPSA) is 80.4 Å². The third-order valence-electron chi connectivity index (χ3n) is 5.16. The second-order valence-corrected chi connectivity index (χ2v) is 6.66. The number of nitrogens with zero attached hydrogens (tertiary/aromatic N) is 1. The van der Waals surface area contributed by atoms with E-state index in [0.717, 1.165) is 18.4 Å². The van der Waals surface area contributed by atoms with Crippen LogP contribution in [0.1, 0.15) is 60.1 Å². The average Bonchev–Trinajstić information content (AvgIpc) is 3.15. The van der Waals surface area contributed by atoms with Gasteiger partial charge in [0.25, 0.3) is 0 Å². The van der Waals surface area contributed by atoms with Gasteiger partial charge in [0, 0.05) is 0 Å². The first kappa shape index (κ1) is 15.8. The molecule has 0 saturated heterocycles.